The average molecular weight is 328 g/mol. The number of H-pyrrole nitrogens is 1. The van der Waals surface area contributed by atoms with E-state index < -0.39 is 0 Å². The molecule has 3 N–H and O–H groups in total. The number of nitrogens with one attached hydrogen (secondary N) is 3. The Hall–Kier alpha value is -2.50. The quantitative estimate of drug-likeness (QED) is 0.514. The average Bonchev–Trinajstić information content (AvgIpc) is 3.10. The monoisotopic (exact) mass is 328 g/mol. The standard InChI is InChI=1S/C18H28N6/c1-4-19-18(21-14-16-9-10-22-23-16)20-11-12-24(5-2)17-8-6-7-15(3)13-17/h6-10,13H,4-5,11-12,14H2,1-3H3,(H,22,23)(H2,19,20,21). The van der Waals surface area contributed by atoms with Gasteiger partial charge in [0.15, 0.2) is 5.96 Å². The van der Waals surface area contributed by atoms with Crippen LogP contribution in [-0.2, 0) is 6.54 Å². The summed E-state index contributed by atoms with van der Waals surface area (Å²) in [4.78, 5) is 6.93. The highest BCUT2D eigenvalue weighted by Gasteiger charge is 2.05. The van der Waals surface area contributed by atoms with Crippen molar-refractivity contribution >= 4 is 11.6 Å². The fourth-order valence-electron chi connectivity index (χ4n) is 2.48. The number of guanidine groups is 1. The lowest BCUT2D eigenvalue weighted by Gasteiger charge is -2.24. The first-order valence-corrected chi connectivity index (χ1v) is 8.55. The topological polar surface area (TPSA) is 68.3 Å². The van der Waals surface area contributed by atoms with Crippen molar-refractivity contribution in [2.45, 2.75) is 27.3 Å². The first-order chi connectivity index (χ1) is 11.7. The van der Waals surface area contributed by atoms with Crippen LogP contribution in [0.25, 0.3) is 0 Å². The fraction of sp³-hybridized carbons (Fsp3) is 0.444. The largest absolute Gasteiger partial charge is 0.370 e. The molecule has 0 aliphatic rings. The molecule has 6 nitrogen and oxygen atoms in total. The highest BCUT2D eigenvalue weighted by molar-refractivity contribution is 5.79. The van der Waals surface area contributed by atoms with E-state index in [9.17, 15) is 0 Å². The lowest BCUT2D eigenvalue weighted by molar-refractivity contribution is 0.750. The third kappa shape index (κ3) is 5.61. The van der Waals surface area contributed by atoms with Crippen molar-refractivity contribution in [3.8, 4) is 0 Å². The van der Waals surface area contributed by atoms with Crippen LogP contribution in [0.2, 0.25) is 0 Å². The molecule has 2 aromatic rings. The molecule has 0 saturated carbocycles. The summed E-state index contributed by atoms with van der Waals surface area (Å²) in [7, 11) is 0. The predicted molar refractivity (Wildman–Crippen MR) is 100 cm³/mol. The summed E-state index contributed by atoms with van der Waals surface area (Å²) in [6, 6.07) is 10.6. The van der Waals surface area contributed by atoms with Crippen LogP contribution in [0.5, 0.6) is 0 Å². The van der Waals surface area contributed by atoms with Gasteiger partial charge in [-0.05, 0) is 44.5 Å². The maximum Gasteiger partial charge on any atom is 0.191 e. The number of aryl methyl sites for hydroxylation is 1. The minimum atomic E-state index is 0.588. The SMILES string of the molecule is CCNC(=NCc1ccn[nH]1)NCCN(CC)c1cccc(C)c1. The minimum Gasteiger partial charge on any atom is -0.370 e. The van der Waals surface area contributed by atoms with Gasteiger partial charge in [-0.2, -0.15) is 5.10 Å². The van der Waals surface area contributed by atoms with E-state index in [4.69, 9.17) is 0 Å². The number of aliphatic imine (C=N–C) groups is 1. The molecule has 0 spiro atoms. The number of aromatic amines is 1. The normalized spacial score (nSPS) is 11.4. The van der Waals surface area contributed by atoms with Crippen molar-refractivity contribution in [1.82, 2.24) is 20.8 Å². The van der Waals surface area contributed by atoms with Crippen LogP contribution >= 0.6 is 0 Å². The number of benzene rings is 1. The van der Waals surface area contributed by atoms with E-state index in [2.05, 4.69) is 75.8 Å². The summed E-state index contributed by atoms with van der Waals surface area (Å²) in [5.41, 5.74) is 3.55. The van der Waals surface area contributed by atoms with E-state index in [-0.39, 0.29) is 0 Å². The highest BCUT2D eigenvalue weighted by Crippen LogP contribution is 2.14. The van der Waals surface area contributed by atoms with Gasteiger partial charge in [-0.15, -0.1) is 0 Å². The molecule has 0 aliphatic heterocycles. The molecule has 0 unspecified atom stereocenters. The Morgan fingerprint density at radius 2 is 2.12 bits per heavy atom. The van der Waals surface area contributed by atoms with Gasteiger partial charge in [0.25, 0.3) is 0 Å². The van der Waals surface area contributed by atoms with Crippen molar-refractivity contribution in [1.29, 1.82) is 0 Å². The van der Waals surface area contributed by atoms with Gasteiger partial charge in [-0.1, -0.05) is 12.1 Å². The number of aromatic nitrogens is 2. The summed E-state index contributed by atoms with van der Waals surface area (Å²) in [6.45, 7) is 10.5. The second-order valence-corrected chi connectivity index (χ2v) is 5.62. The molecule has 0 saturated heterocycles. The first kappa shape index (κ1) is 17.8. The van der Waals surface area contributed by atoms with Gasteiger partial charge in [0.1, 0.15) is 0 Å². The van der Waals surface area contributed by atoms with Crippen LogP contribution in [0.1, 0.15) is 25.1 Å². The van der Waals surface area contributed by atoms with Crippen molar-refractivity contribution in [2.75, 3.05) is 31.1 Å². The maximum absolute atomic E-state index is 4.57. The molecule has 0 radical (unpaired) electrons. The molecule has 0 aliphatic carbocycles. The molecule has 0 fully saturated rings. The van der Waals surface area contributed by atoms with E-state index in [0.717, 1.165) is 37.8 Å². The Kier molecular flexibility index (Phi) is 7.14. The third-order valence-corrected chi connectivity index (χ3v) is 3.73. The zero-order chi connectivity index (χ0) is 17.2. The molecule has 1 heterocycles. The van der Waals surface area contributed by atoms with E-state index >= 15 is 0 Å². The number of rotatable bonds is 8. The first-order valence-electron chi connectivity index (χ1n) is 8.55. The van der Waals surface area contributed by atoms with Crippen LogP contribution in [0.3, 0.4) is 0 Å². The van der Waals surface area contributed by atoms with Crippen LogP contribution in [0.15, 0.2) is 41.5 Å². The molecule has 6 heteroatoms. The maximum atomic E-state index is 4.57. The molecule has 130 valence electrons. The van der Waals surface area contributed by atoms with Crippen molar-refractivity contribution in [3.63, 3.8) is 0 Å². The van der Waals surface area contributed by atoms with E-state index in [1.165, 1.54) is 11.3 Å². The molecule has 0 bridgehead atoms. The van der Waals surface area contributed by atoms with E-state index in [1.54, 1.807) is 6.20 Å². The summed E-state index contributed by atoms with van der Waals surface area (Å²) in [5, 5.41) is 13.5. The van der Waals surface area contributed by atoms with Gasteiger partial charge in [-0.25, -0.2) is 4.99 Å². The Balaban J connectivity index is 1.87. The summed E-state index contributed by atoms with van der Waals surface area (Å²) < 4.78 is 0. The van der Waals surface area contributed by atoms with Gasteiger partial charge < -0.3 is 15.5 Å². The number of nitrogens with zero attached hydrogens (tertiary/aromatic N) is 3. The highest BCUT2D eigenvalue weighted by atomic mass is 15.2. The van der Waals surface area contributed by atoms with Crippen molar-refractivity contribution < 1.29 is 0 Å². The van der Waals surface area contributed by atoms with Gasteiger partial charge in [-0.3, -0.25) is 5.10 Å². The molecule has 1 aromatic carbocycles. The number of likely N-dealkylation sites (N-methyl/N-ethyl adjacent to an activating group) is 1. The van der Waals surface area contributed by atoms with Crippen LogP contribution < -0.4 is 15.5 Å². The lowest BCUT2D eigenvalue weighted by atomic mass is 10.2. The molecule has 0 atom stereocenters. The molecular formula is C18H28N6. The van der Waals surface area contributed by atoms with Crippen LogP contribution in [0, 0.1) is 6.92 Å². The predicted octanol–water partition coefficient (Wildman–Crippen LogP) is 2.30. The van der Waals surface area contributed by atoms with Crippen LogP contribution in [-0.4, -0.2) is 42.3 Å². The van der Waals surface area contributed by atoms with Crippen molar-refractivity contribution in [2.24, 2.45) is 4.99 Å². The Bertz CT molecular complexity index is 620. The van der Waals surface area contributed by atoms with Gasteiger partial charge in [0.2, 0.25) is 0 Å². The van der Waals surface area contributed by atoms with Crippen molar-refractivity contribution in [3.05, 3.63) is 47.8 Å². The molecule has 2 rings (SSSR count). The zero-order valence-corrected chi connectivity index (χ0v) is 14.8. The third-order valence-electron chi connectivity index (χ3n) is 3.73. The lowest BCUT2D eigenvalue weighted by Crippen LogP contribution is -2.41. The molecule has 1 aromatic heterocycles. The molecule has 0 amide bonds. The number of hydrogen-bond acceptors (Lipinski definition) is 3. The smallest absolute Gasteiger partial charge is 0.191 e. The second kappa shape index (κ2) is 9.60. The van der Waals surface area contributed by atoms with Crippen LogP contribution in [0.4, 0.5) is 5.69 Å². The molecule has 24 heavy (non-hydrogen) atoms. The summed E-state index contributed by atoms with van der Waals surface area (Å²) in [5.74, 6) is 0.826. The Morgan fingerprint density at radius 3 is 2.79 bits per heavy atom. The number of hydrogen-bond donors (Lipinski definition) is 3. The second-order valence-electron chi connectivity index (χ2n) is 5.62. The Labute approximate surface area is 144 Å². The Morgan fingerprint density at radius 1 is 1.25 bits per heavy atom. The van der Waals surface area contributed by atoms with Gasteiger partial charge in [0.05, 0.1) is 12.2 Å². The van der Waals surface area contributed by atoms with Gasteiger partial charge in [0, 0.05) is 38.1 Å². The minimum absolute atomic E-state index is 0.588. The summed E-state index contributed by atoms with van der Waals surface area (Å²) in [6.07, 6.45) is 1.74. The number of anilines is 1. The summed E-state index contributed by atoms with van der Waals surface area (Å²) >= 11 is 0. The van der Waals surface area contributed by atoms with E-state index in [1.807, 2.05) is 6.07 Å². The van der Waals surface area contributed by atoms with Gasteiger partial charge >= 0.3 is 0 Å². The zero-order valence-electron chi connectivity index (χ0n) is 14.8. The fourth-order valence-corrected chi connectivity index (χ4v) is 2.48. The van der Waals surface area contributed by atoms with E-state index in [0.29, 0.717) is 6.54 Å². The molecular weight excluding hydrogens is 300 g/mol.